The highest BCUT2D eigenvalue weighted by Gasteiger charge is 2.14. The Morgan fingerprint density at radius 2 is 2.00 bits per heavy atom. The Hall–Kier alpha value is -4.39. The molecule has 0 aliphatic rings. The van der Waals surface area contributed by atoms with Crippen LogP contribution in [0.25, 0.3) is 0 Å². The third-order valence-corrected chi connectivity index (χ3v) is 4.78. The molecule has 2 amide bonds. The maximum atomic E-state index is 12.2. The van der Waals surface area contributed by atoms with E-state index >= 15 is 0 Å². The molecule has 0 aliphatic heterocycles. The van der Waals surface area contributed by atoms with Gasteiger partial charge >= 0.3 is 0 Å². The van der Waals surface area contributed by atoms with Gasteiger partial charge in [-0.2, -0.15) is 5.10 Å². The number of hydrogen-bond acceptors (Lipinski definition) is 10. The van der Waals surface area contributed by atoms with Crippen molar-refractivity contribution in [3.8, 4) is 11.5 Å². The molecule has 0 aliphatic carbocycles. The number of hydrazone groups is 1. The van der Waals surface area contributed by atoms with Gasteiger partial charge in [0, 0.05) is 17.7 Å². The Morgan fingerprint density at radius 1 is 1.25 bits per heavy atom. The van der Waals surface area contributed by atoms with Crippen molar-refractivity contribution < 1.29 is 24.4 Å². The minimum Gasteiger partial charge on any atom is -0.504 e. The predicted octanol–water partition coefficient (Wildman–Crippen LogP) is 2.11. The number of amides is 2. The van der Waals surface area contributed by atoms with Crippen LogP contribution in [-0.2, 0) is 11.2 Å². The van der Waals surface area contributed by atoms with E-state index in [1.165, 1.54) is 43.7 Å². The summed E-state index contributed by atoms with van der Waals surface area (Å²) in [4.78, 5) is 34.3. The number of methoxy groups -OCH3 is 1. The fraction of sp³-hybridized carbons (Fsp3) is 0.105. The Labute approximate surface area is 184 Å². The van der Waals surface area contributed by atoms with Gasteiger partial charge in [0.15, 0.2) is 11.5 Å². The number of nitro groups is 1. The summed E-state index contributed by atoms with van der Waals surface area (Å²) in [6.07, 6.45) is 1.27. The topological polar surface area (TPSA) is 169 Å². The van der Waals surface area contributed by atoms with Crippen LogP contribution in [0.5, 0.6) is 11.5 Å². The number of nitrogens with one attached hydrogen (secondary N) is 2. The van der Waals surface area contributed by atoms with E-state index in [4.69, 9.17) is 4.74 Å². The van der Waals surface area contributed by atoms with Gasteiger partial charge in [-0.15, -0.1) is 10.2 Å². The largest absolute Gasteiger partial charge is 0.504 e. The summed E-state index contributed by atoms with van der Waals surface area (Å²) in [5, 5.41) is 34.8. The molecule has 0 spiro atoms. The molecule has 0 saturated heterocycles. The van der Waals surface area contributed by atoms with Crippen molar-refractivity contribution in [2.24, 2.45) is 5.10 Å². The third kappa shape index (κ3) is 5.82. The lowest BCUT2D eigenvalue weighted by Crippen LogP contribution is -2.19. The first-order chi connectivity index (χ1) is 15.4. The number of aromatic hydroxyl groups is 1. The Morgan fingerprint density at radius 3 is 2.69 bits per heavy atom. The smallest absolute Gasteiger partial charge is 0.269 e. The second-order valence-corrected chi connectivity index (χ2v) is 7.22. The van der Waals surface area contributed by atoms with Crippen LogP contribution in [0.4, 0.5) is 10.8 Å². The van der Waals surface area contributed by atoms with Gasteiger partial charge in [0.2, 0.25) is 11.0 Å². The maximum Gasteiger partial charge on any atom is 0.269 e. The number of nitro benzene ring substituents is 1. The number of phenolic OH excluding ortho intramolecular Hbond substituents is 1. The van der Waals surface area contributed by atoms with Crippen molar-refractivity contribution in [3.63, 3.8) is 0 Å². The fourth-order valence-electron chi connectivity index (χ4n) is 2.41. The summed E-state index contributed by atoms with van der Waals surface area (Å²) in [5.41, 5.74) is 3.04. The number of hydrogen-bond donors (Lipinski definition) is 3. The minimum absolute atomic E-state index is 0.0126. The molecule has 0 saturated carbocycles. The van der Waals surface area contributed by atoms with E-state index in [1.54, 1.807) is 12.1 Å². The van der Waals surface area contributed by atoms with E-state index in [0.29, 0.717) is 10.6 Å². The van der Waals surface area contributed by atoms with Crippen LogP contribution in [0.1, 0.15) is 20.9 Å². The molecule has 2 aromatic carbocycles. The monoisotopic (exact) mass is 456 g/mol. The number of aromatic nitrogens is 2. The molecular weight excluding hydrogens is 440 g/mol. The lowest BCUT2D eigenvalue weighted by molar-refractivity contribution is -0.384. The van der Waals surface area contributed by atoms with E-state index < -0.39 is 16.7 Å². The summed E-state index contributed by atoms with van der Waals surface area (Å²) >= 11 is 1.01. The SMILES string of the molecule is COc1cc(/C=N\NC(=O)Cc2nnc(NC(=O)c3ccc([N+](=O)[O-])cc3)s2)ccc1O. The van der Waals surface area contributed by atoms with Crippen LogP contribution >= 0.6 is 11.3 Å². The first-order valence-electron chi connectivity index (χ1n) is 8.93. The number of anilines is 1. The zero-order valence-electron chi connectivity index (χ0n) is 16.5. The molecule has 12 nitrogen and oxygen atoms in total. The highest BCUT2D eigenvalue weighted by atomic mass is 32.1. The molecule has 1 aromatic heterocycles. The van der Waals surface area contributed by atoms with Crippen LogP contribution in [0.15, 0.2) is 47.6 Å². The average Bonchev–Trinajstić information content (AvgIpc) is 3.21. The molecule has 13 heteroatoms. The molecule has 3 N–H and O–H groups in total. The molecular formula is C19H16N6O6S. The zero-order chi connectivity index (χ0) is 23.1. The van der Waals surface area contributed by atoms with Gasteiger partial charge in [-0.3, -0.25) is 25.0 Å². The van der Waals surface area contributed by atoms with E-state index in [-0.39, 0.29) is 34.3 Å². The van der Waals surface area contributed by atoms with Crippen LogP contribution < -0.4 is 15.5 Å². The molecule has 3 aromatic rings. The summed E-state index contributed by atoms with van der Waals surface area (Å²) in [7, 11) is 1.42. The van der Waals surface area contributed by atoms with Crippen LogP contribution in [-0.4, -0.2) is 45.4 Å². The number of carbonyl (C=O) groups is 2. The number of nitrogens with zero attached hydrogens (tertiary/aromatic N) is 4. The molecule has 32 heavy (non-hydrogen) atoms. The van der Waals surface area contributed by atoms with Gasteiger partial charge in [0.05, 0.1) is 24.7 Å². The molecule has 164 valence electrons. The summed E-state index contributed by atoms with van der Waals surface area (Å²) in [6.45, 7) is 0. The van der Waals surface area contributed by atoms with Gasteiger partial charge < -0.3 is 9.84 Å². The predicted molar refractivity (Wildman–Crippen MR) is 115 cm³/mol. The summed E-state index contributed by atoms with van der Waals surface area (Å²) < 4.78 is 4.99. The van der Waals surface area contributed by atoms with Crippen LogP contribution in [0, 0.1) is 10.1 Å². The highest BCUT2D eigenvalue weighted by molar-refractivity contribution is 7.15. The third-order valence-electron chi connectivity index (χ3n) is 3.95. The first kappa shape index (κ1) is 22.3. The summed E-state index contributed by atoms with van der Waals surface area (Å²) in [5.74, 6) is -0.698. The Bertz CT molecular complexity index is 1180. The number of rotatable bonds is 8. The van der Waals surface area contributed by atoms with E-state index in [0.717, 1.165) is 11.3 Å². The normalized spacial score (nSPS) is 10.7. The van der Waals surface area contributed by atoms with Gasteiger partial charge in [-0.25, -0.2) is 5.43 Å². The molecule has 0 bridgehead atoms. The van der Waals surface area contributed by atoms with Crippen molar-refractivity contribution >= 4 is 40.2 Å². The number of carbonyl (C=O) groups excluding carboxylic acids is 2. The summed E-state index contributed by atoms with van der Waals surface area (Å²) in [6, 6.07) is 9.68. The number of benzene rings is 2. The van der Waals surface area contributed by atoms with Crippen molar-refractivity contribution in [3.05, 3.63) is 68.7 Å². The van der Waals surface area contributed by atoms with Crippen molar-refractivity contribution in [1.29, 1.82) is 0 Å². The number of ether oxygens (including phenoxy) is 1. The van der Waals surface area contributed by atoms with Gasteiger partial charge in [0.1, 0.15) is 5.01 Å². The molecule has 0 radical (unpaired) electrons. The number of non-ortho nitro benzene ring substituents is 1. The van der Waals surface area contributed by atoms with E-state index in [9.17, 15) is 24.8 Å². The lowest BCUT2D eigenvalue weighted by Gasteiger charge is -2.03. The first-order valence-corrected chi connectivity index (χ1v) is 9.74. The molecule has 0 fully saturated rings. The van der Waals surface area contributed by atoms with Crippen molar-refractivity contribution in [1.82, 2.24) is 15.6 Å². The lowest BCUT2D eigenvalue weighted by atomic mass is 10.2. The van der Waals surface area contributed by atoms with Crippen molar-refractivity contribution in [2.75, 3.05) is 12.4 Å². The van der Waals surface area contributed by atoms with Gasteiger partial charge in [0.25, 0.3) is 11.6 Å². The average molecular weight is 456 g/mol. The molecule has 1 heterocycles. The molecule has 0 atom stereocenters. The Kier molecular flexibility index (Phi) is 7.02. The number of phenols is 1. The molecule has 3 rings (SSSR count). The Balaban J connectivity index is 1.52. The maximum absolute atomic E-state index is 12.2. The van der Waals surface area contributed by atoms with E-state index in [2.05, 4.69) is 26.0 Å². The standard InChI is InChI=1S/C19H16N6O6S/c1-31-15-8-11(2-7-14(15)26)10-20-22-16(27)9-17-23-24-19(32-17)21-18(28)12-3-5-13(6-4-12)25(29)30/h2-8,10,26H,9H2,1H3,(H,22,27)(H,21,24,28)/b20-10-. The van der Waals surface area contributed by atoms with Gasteiger partial charge in [-0.1, -0.05) is 11.3 Å². The van der Waals surface area contributed by atoms with Gasteiger partial charge in [-0.05, 0) is 35.9 Å². The fourth-order valence-corrected chi connectivity index (χ4v) is 3.14. The minimum atomic E-state index is -0.560. The van der Waals surface area contributed by atoms with Crippen LogP contribution in [0.3, 0.4) is 0 Å². The second kappa shape index (κ2) is 10.1. The van der Waals surface area contributed by atoms with Crippen LogP contribution in [0.2, 0.25) is 0 Å². The molecule has 0 unspecified atom stereocenters. The quantitative estimate of drug-likeness (QED) is 0.263. The van der Waals surface area contributed by atoms with E-state index in [1.807, 2.05) is 0 Å². The zero-order valence-corrected chi connectivity index (χ0v) is 17.3. The second-order valence-electron chi connectivity index (χ2n) is 6.16. The van der Waals surface area contributed by atoms with Crippen molar-refractivity contribution in [2.45, 2.75) is 6.42 Å². The highest BCUT2D eigenvalue weighted by Crippen LogP contribution is 2.25.